The highest BCUT2D eigenvalue weighted by molar-refractivity contribution is 7.89. The molecule has 0 bridgehead atoms. The summed E-state index contributed by atoms with van der Waals surface area (Å²) >= 11 is 0. The van der Waals surface area contributed by atoms with Gasteiger partial charge in [-0.1, -0.05) is 31.0 Å². The van der Waals surface area contributed by atoms with Crippen LogP contribution in [0.4, 0.5) is 0 Å². The number of aliphatic hydroxyl groups is 1. The highest BCUT2D eigenvalue weighted by atomic mass is 32.2. The second-order valence-electron chi connectivity index (χ2n) is 5.52. The van der Waals surface area contributed by atoms with Gasteiger partial charge in [-0.05, 0) is 24.5 Å². The number of rotatable bonds is 7. The van der Waals surface area contributed by atoms with Crippen LogP contribution in [0.25, 0.3) is 0 Å². The Labute approximate surface area is 127 Å². The molecule has 2 N–H and O–H groups in total. The van der Waals surface area contributed by atoms with Gasteiger partial charge in [-0.15, -0.1) is 0 Å². The van der Waals surface area contributed by atoms with Crippen molar-refractivity contribution < 1.29 is 13.5 Å². The fourth-order valence-electron chi connectivity index (χ4n) is 2.71. The summed E-state index contributed by atoms with van der Waals surface area (Å²) in [5, 5.41) is 12.4. The Morgan fingerprint density at radius 1 is 1.29 bits per heavy atom. The van der Waals surface area contributed by atoms with Crippen molar-refractivity contribution in [1.82, 2.24) is 9.62 Å². The molecule has 1 aromatic carbocycles. The minimum Gasteiger partial charge on any atom is -0.395 e. The van der Waals surface area contributed by atoms with Crippen LogP contribution >= 0.6 is 0 Å². The van der Waals surface area contributed by atoms with Crippen molar-refractivity contribution in [2.75, 3.05) is 20.2 Å². The molecular formula is C15H24N2O3S. The van der Waals surface area contributed by atoms with Crippen molar-refractivity contribution in [3.05, 3.63) is 29.8 Å². The summed E-state index contributed by atoms with van der Waals surface area (Å²) in [7, 11) is -2.05. The zero-order valence-corrected chi connectivity index (χ0v) is 13.3. The molecule has 21 heavy (non-hydrogen) atoms. The first-order valence-electron chi connectivity index (χ1n) is 7.44. The topological polar surface area (TPSA) is 69.6 Å². The number of nitrogens with one attached hydrogen (secondary N) is 1. The Bertz CT molecular complexity index is 554. The minimum absolute atomic E-state index is 0.104. The van der Waals surface area contributed by atoms with Gasteiger partial charge in [0.15, 0.2) is 0 Å². The molecule has 0 amide bonds. The van der Waals surface area contributed by atoms with Gasteiger partial charge in [0.2, 0.25) is 10.0 Å². The van der Waals surface area contributed by atoms with Gasteiger partial charge in [0.1, 0.15) is 0 Å². The van der Waals surface area contributed by atoms with Crippen molar-refractivity contribution >= 4 is 10.0 Å². The molecule has 0 atom stereocenters. The maximum absolute atomic E-state index is 12.5. The SMILES string of the molecule is CN(CCO)S(=O)(=O)c1ccccc1CNC1CCCC1. The van der Waals surface area contributed by atoms with Crippen LogP contribution in [0, 0.1) is 0 Å². The second kappa shape index (κ2) is 7.35. The molecule has 1 aliphatic carbocycles. The average Bonchev–Trinajstić information content (AvgIpc) is 2.99. The third-order valence-electron chi connectivity index (χ3n) is 4.01. The summed E-state index contributed by atoms with van der Waals surface area (Å²) in [4.78, 5) is 0.325. The molecule has 6 heteroatoms. The third kappa shape index (κ3) is 4.03. The van der Waals surface area contributed by atoms with E-state index in [1.165, 1.54) is 37.0 Å². The summed E-state index contributed by atoms with van der Waals surface area (Å²) in [6.45, 7) is 0.484. The lowest BCUT2D eigenvalue weighted by Crippen LogP contribution is -2.31. The number of nitrogens with zero attached hydrogens (tertiary/aromatic N) is 1. The van der Waals surface area contributed by atoms with E-state index in [9.17, 15) is 8.42 Å². The van der Waals surface area contributed by atoms with Gasteiger partial charge in [0.05, 0.1) is 11.5 Å². The Morgan fingerprint density at radius 3 is 2.62 bits per heavy atom. The molecule has 1 fully saturated rings. The van der Waals surface area contributed by atoms with Gasteiger partial charge in [-0.3, -0.25) is 0 Å². The van der Waals surface area contributed by atoms with E-state index in [1.54, 1.807) is 12.1 Å². The van der Waals surface area contributed by atoms with Gasteiger partial charge in [-0.25, -0.2) is 8.42 Å². The standard InChI is InChI=1S/C15H24N2O3S/c1-17(10-11-18)21(19,20)15-9-5-2-6-13(15)12-16-14-7-3-4-8-14/h2,5-6,9,14,16,18H,3-4,7-8,10-12H2,1H3. The molecule has 0 aliphatic heterocycles. The van der Waals surface area contributed by atoms with Crippen molar-refractivity contribution in [3.63, 3.8) is 0 Å². The van der Waals surface area contributed by atoms with Gasteiger partial charge in [-0.2, -0.15) is 4.31 Å². The molecule has 118 valence electrons. The normalized spacial score (nSPS) is 16.7. The zero-order valence-electron chi connectivity index (χ0n) is 12.5. The molecule has 0 radical (unpaired) electrons. The van der Waals surface area contributed by atoms with Crippen LogP contribution in [0.2, 0.25) is 0 Å². The first-order valence-corrected chi connectivity index (χ1v) is 8.88. The molecule has 0 saturated heterocycles. The highest BCUT2D eigenvalue weighted by Crippen LogP contribution is 2.21. The van der Waals surface area contributed by atoms with E-state index in [4.69, 9.17) is 5.11 Å². The van der Waals surface area contributed by atoms with Crippen LogP contribution in [0.1, 0.15) is 31.2 Å². The quantitative estimate of drug-likeness (QED) is 0.797. The summed E-state index contributed by atoms with van der Waals surface area (Å²) in [6.07, 6.45) is 4.83. The predicted octanol–water partition coefficient (Wildman–Crippen LogP) is 1.33. The van der Waals surface area contributed by atoms with Crippen LogP contribution in [-0.2, 0) is 16.6 Å². The van der Waals surface area contributed by atoms with Gasteiger partial charge in [0.25, 0.3) is 0 Å². The highest BCUT2D eigenvalue weighted by Gasteiger charge is 2.23. The number of hydrogen-bond acceptors (Lipinski definition) is 4. The zero-order chi connectivity index (χ0) is 15.3. The van der Waals surface area contributed by atoms with Crippen molar-refractivity contribution in [3.8, 4) is 0 Å². The molecule has 2 rings (SSSR count). The largest absolute Gasteiger partial charge is 0.395 e. The van der Waals surface area contributed by atoms with Crippen LogP contribution in [0.15, 0.2) is 29.2 Å². The Kier molecular flexibility index (Phi) is 5.75. The summed E-state index contributed by atoms with van der Waals surface area (Å²) in [6, 6.07) is 7.57. The smallest absolute Gasteiger partial charge is 0.243 e. The fourth-order valence-corrected chi connectivity index (χ4v) is 4.09. The Morgan fingerprint density at radius 2 is 1.95 bits per heavy atom. The molecule has 5 nitrogen and oxygen atoms in total. The summed E-state index contributed by atoms with van der Waals surface area (Å²) < 4.78 is 26.2. The van der Waals surface area contributed by atoms with Crippen LogP contribution in [0.3, 0.4) is 0 Å². The third-order valence-corrected chi connectivity index (χ3v) is 5.97. The molecule has 1 aromatic rings. The van der Waals surface area contributed by atoms with Gasteiger partial charge in [0, 0.05) is 26.2 Å². The number of benzene rings is 1. The second-order valence-corrected chi connectivity index (χ2v) is 7.53. The van der Waals surface area contributed by atoms with Crippen molar-refractivity contribution in [2.45, 2.75) is 43.2 Å². The van der Waals surface area contributed by atoms with Crippen LogP contribution in [0.5, 0.6) is 0 Å². The molecule has 0 heterocycles. The maximum Gasteiger partial charge on any atom is 0.243 e. The van der Waals surface area contributed by atoms with Crippen molar-refractivity contribution in [1.29, 1.82) is 0 Å². The Balaban J connectivity index is 2.15. The molecule has 0 unspecified atom stereocenters. The number of aliphatic hydroxyl groups excluding tert-OH is 1. The minimum atomic E-state index is -3.54. The van der Waals surface area contributed by atoms with Gasteiger partial charge >= 0.3 is 0 Å². The van der Waals surface area contributed by atoms with Crippen LogP contribution in [-0.4, -0.2) is 44.1 Å². The molecular weight excluding hydrogens is 288 g/mol. The lowest BCUT2D eigenvalue weighted by Gasteiger charge is -2.19. The van der Waals surface area contributed by atoms with Crippen molar-refractivity contribution in [2.24, 2.45) is 0 Å². The molecule has 1 aliphatic rings. The first-order chi connectivity index (χ1) is 10.1. The monoisotopic (exact) mass is 312 g/mol. The lowest BCUT2D eigenvalue weighted by atomic mass is 10.2. The van der Waals surface area contributed by atoms with E-state index >= 15 is 0 Å². The van der Waals surface area contributed by atoms with Gasteiger partial charge < -0.3 is 10.4 Å². The average molecular weight is 312 g/mol. The fraction of sp³-hybridized carbons (Fsp3) is 0.600. The van der Waals surface area contributed by atoms with E-state index in [0.717, 1.165) is 5.56 Å². The molecule has 1 saturated carbocycles. The summed E-state index contributed by atoms with van der Waals surface area (Å²) in [5.74, 6) is 0. The number of hydrogen-bond donors (Lipinski definition) is 2. The first kappa shape index (κ1) is 16.4. The number of likely N-dealkylation sites (N-methyl/N-ethyl adjacent to an activating group) is 1. The van der Waals surface area contributed by atoms with E-state index in [0.29, 0.717) is 17.5 Å². The van der Waals surface area contributed by atoms with E-state index in [1.807, 2.05) is 12.1 Å². The van der Waals surface area contributed by atoms with Crippen LogP contribution < -0.4 is 5.32 Å². The predicted molar refractivity (Wildman–Crippen MR) is 82.4 cm³/mol. The maximum atomic E-state index is 12.5. The molecule has 0 spiro atoms. The lowest BCUT2D eigenvalue weighted by molar-refractivity contribution is 0.266. The molecule has 0 aromatic heterocycles. The Hall–Kier alpha value is -0.950. The summed E-state index contributed by atoms with van der Waals surface area (Å²) in [5.41, 5.74) is 0.786. The van der Waals surface area contributed by atoms with E-state index in [-0.39, 0.29) is 13.2 Å². The number of sulfonamides is 1. The van der Waals surface area contributed by atoms with E-state index in [2.05, 4.69) is 5.32 Å². The van der Waals surface area contributed by atoms with E-state index < -0.39 is 10.0 Å².